The number of aliphatic hydroxyl groups excluding tert-OH is 3. The van der Waals surface area contributed by atoms with E-state index in [9.17, 15) is 42.7 Å². The van der Waals surface area contributed by atoms with Crippen molar-refractivity contribution >= 4 is 58.8 Å². The van der Waals surface area contributed by atoms with E-state index < -0.39 is 63.9 Å². The molecule has 0 aliphatic rings. The molecular formula is C22H23NaO12S. The average molecular weight is 534 g/mol. The molecule has 12 nitrogen and oxygen atoms in total. The third-order valence-corrected chi connectivity index (χ3v) is 7.47. The van der Waals surface area contributed by atoms with Crippen molar-refractivity contribution in [1.82, 2.24) is 0 Å². The van der Waals surface area contributed by atoms with Gasteiger partial charge in [0.25, 0.3) is 0 Å². The maximum absolute atomic E-state index is 12.7. The Morgan fingerprint density at radius 1 is 0.944 bits per heavy atom. The van der Waals surface area contributed by atoms with Crippen molar-refractivity contribution in [1.29, 1.82) is 0 Å². The summed E-state index contributed by atoms with van der Waals surface area (Å²) in [7, 11) is -2.58. The van der Waals surface area contributed by atoms with Gasteiger partial charge in [-0.15, -0.1) is 0 Å². The van der Waals surface area contributed by atoms with Crippen LogP contribution in [0.2, 0.25) is 0 Å². The minimum absolute atomic E-state index is 0.0602. The molecule has 0 spiro atoms. The normalized spacial score (nSPS) is 13.0. The van der Waals surface area contributed by atoms with Gasteiger partial charge >= 0.3 is 213 Å². The minimum Gasteiger partial charge on any atom is -0.394 e. The van der Waals surface area contributed by atoms with Crippen LogP contribution in [0.5, 0.6) is 0 Å². The van der Waals surface area contributed by atoms with E-state index >= 15 is 0 Å². The van der Waals surface area contributed by atoms with E-state index in [2.05, 4.69) is 0 Å². The number of aliphatic hydroxyl groups is 3. The van der Waals surface area contributed by atoms with Crippen LogP contribution in [-0.2, 0) is 30.7 Å². The molecule has 0 fully saturated rings. The Kier molecular flexibility index (Phi) is 10.6. The zero-order valence-corrected chi connectivity index (χ0v) is 22.4. The molecule has 0 aromatic heterocycles. The first-order chi connectivity index (χ1) is 16.9. The number of benzene rings is 2. The summed E-state index contributed by atoms with van der Waals surface area (Å²) in [5.74, 6) is -2.96. The van der Waals surface area contributed by atoms with Crippen LogP contribution in [0.25, 0.3) is 0 Å². The van der Waals surface area contributed by atoms with Crippen LogP contribution in [0.15, 0.2) is 35.2 Å². The molecule has 0 saturated heterocycles. The van der Waals surface area contributed by atoms with Crippen LogP contribution in [0.3, 0.4) is 0 Å². The van der Waals surface area contributed by atoms with Gasteiger partial charge in [-0.1, -0.05) is 0 Å². The molecule has 0 aliphatic heterocycles. The van der Waals surface area contributed by atoms with Crippen LogP contribution in [-0.4, -0.2) is 108 Å². The van der Waals surface area contributed by atoms with Gasteiger partial charge in [-0.05, 0) is 0 Å². The molecule has 2 rings (SSSR count). The molecule has 0 radical (unpaired) electrons. The van der Waals surface area contributed by atoms with Crippen LogP contribution >= 0.6 is 0 Å². The molecule has 2 atom stereocenters. The first kappa shape index (κ1) is 29.9. The minimum atomic E-state index is -4.76. The quantitative estimate of drug-likeness (QED) is 0.127. The fraction of sp³-hybridized carbons (Fsp3) is 0.318. The van der Waals surface area contributed by atoms with E-state index in [0.29, 0.717) is 0 Å². The van der Waals surface area contributed by atoms with Crippen LogP contribution in [0, 0.1) is 0 Å². The first-order valence-electron chi connectivity index (χ1n) is 10.4. The van der Waals surface area contributed by atoms with E-state index in [-0.39, 0.29) is 59.4 Å². The fourth-order valence-electron chi connectivity index (χ4n) is 3.63. The van der Waals surface area contributed by atoms with Gasteiger partial charge in [0.2, 0.25) is 0 Å². The molecule has 2 aromatic carbocycles. The number of hydrogen-bond acceptors (Lipinski definition) is 11. The molecule has 14 heteroatoms. The van der Waals surface area contributed by atoms with Crippen molar-refractivity contribution < 1.29 is 56.9 Å². The summed E-state index contributed by atoms with van der Waals surface area (Å²) < 4.78 is 47.8. The molecule has 0 aliphatic carbocycles. The molecule has 190 valence electrons. The summed E-state index contributed by atoms with van der Waals surface area (Å²) in [5, 5.41) is 30.2. The van der Waals surface area contributed by atoms with Crippen molar-refractivity contribution in [3.05, 3.63) is 58.1 Å². The Hall–Kier alpha value is -2.36. The summed E-state index contributed by atoms with van der Waals surface area (Å²) in [6.45, 7) is -1.52. The zero-order valence-electron chi connectivity index (χ0n) is 19.6. The Labute approximate surface area is 224 Å². The van der Waals surface area contributed by atoms with E-state index in [4.69, 9.17) is 14.2 Å². The molecule has 0 bridgehead atoms. The predicted octanol–water partition coefficient (Wildman–Crippen LogP) is -0.914. The number of carbonyl (C=O) groups is 3. The summed E-state index contributed by atoms with van der Waals surface area (Å²) >= 11 is 0.187. The SMILES string of the molecule is COC(=O)c1ccc(C(=O)OC)c(C(O)COC(=O)c2ccc[c]([Na])c2S(=O)(=O)O)c1CC(O)CO. The predicted molar refractivity (Wildman–Crippen MR) is 123 cm³/mol. The summed E-state index contributed by atoms with van der Waals surface area (Å²) in [4.78, 5) is 36.8. The number of ether oxygens (including phenoxy) is 3. The second kappa shape index (κ2) is 12.7. The third kappa shape index (κ3) is 6.89. The average Bonchev–Trinajstić information content (AvgIpc) is 2.84. The van der Waals surface area contributed by atoms with Gasteiger partial charge in [0.1, 0.15) is 0 Å². The molecule has 4 N–H and O–H groups in total. The monoisotopic (exact) mass is 534 g/mol. The van der Waals surface area contributed by atoms with Gasteiger partial charge in [-0.25, -0.2) is 0 Å². The Morgan fingerprint density at radius 3 is 2.08 bits per heavy atom. The number of hydrogen-bond donors (Lipinski definition) is 4. The van der Waals surface area contributed by atoms with Gasteiger partial charge in [0.05, 0.1) is 7.11 Å². The maximum atomic E-state index is 12.7. The van der Waals surface area contributed by atoms with Crippen LogP contribution < -0.4 is 2.81 Å². The van der Waals surface area contributed by atoms with Crippen molar-refractivity contribution in [3.8, 4) is 0 Å². The standard InChI is InChI=1S/C22H23O12S.Na/c1-32-20(26)13-7-8-15(21(27)33-2)19(16(13)9-12(24)10-23)17(25)11-34-22(28)14-5-3-4-6-18(14)35(29,30)31;/h3-5,7-8,12,17,23-25H,9-11H2,1-2H3,(H,29,30,31);. The topological polar surface area (TPSA) is 194 Å². The Bertz CT molecular complexity index is 1260. The Morgan fingerprint density at radius 2 is 1.53 bits per heavy atom. The van der Waals surface area contributed by atoms with E-state index in [1.54, 1.807) is 0 Å². The van der Waals surface area contributed by atoms with E-state index in [1.165, 1.54) is 24.3 Å². The molecule has 36 heavy (non-hydrogen) atoms. The van der Waals surface area contributed by atoms with E-state index in [1.807, 2.05) is 0 Å². The second-order valence-electron chi connectivity index (χ2n) is 7.62. The number of rotatable bonds is 10. The number of carbonyl (C=O) groups excluding carboxylic acids is 3. The molecule has 0 saturated carbocycles. The van der Waals surface area contributed by atoms with Gasteiger partial charge < -0.3 is 5.11 Å². The zero-order chi connectivity index (χ0) is 27.2. The van der Waals surface area contributed by atoms with Crippen molar-refractivity contribution in [2.24, 2.45) is 0 Å². The second-order valence-corrected chi connectivity index (χ2v) is 10.1. The third-order valence-electron chi connectivity index (χ3n) is 5.21. The van der Waals surface area contributed by atoms with Crippen molar-refractivity contribution in [2.75, 3.05) is 27.4 Å². The van der Waals surface area contributed by atoms with Gasteiger partial charge in [0.15, 0.2) is 0 Å². The van der Waals surface area contributed by atoms with Crippen LogP contribution in [0.1, 0.15) is 48.3 Å². The molecule has 0 heterocycles. The number of methoxy groups -OCH3 is 2. The van der Waals surface area contributed by atoms with E-state index in [0.717, 1.165) is 20.3 Å². The fourth-order valence-corrected chi connectivity index (χ4v) is 5.77. The summed E-state index contributed by atoms with van der Waals surface area (Å²) in [6, 6.07) is 6.33. The smallest absolute Gasteiger partial charge is 0.394 e. The van der Waals surface area contributed by atoms with Gasteiger partial charge in [-0.2, -0.15) is 0 Å². The molecule has 2 unspecified atom stereocenters. The first-order valence-corrected chi connectivity index (χ1v) is 12.8. The molecule has 2 aromatic rings. The van der Waals surface area contributed by atoms with Gasteiger partial charge in [-0.3, -0.25) is 0 Å². The van der Waals surface area contributed by atoms with Crippen molar-refractivity contribution in [3.63, 3.8) is 0 Å². The van der Waals surface area contributed by atoms with Crippen LogP contribution in [0.4, 0.5) is 0 Å². The molecular weight excluding hydrogens is 511 g/mol. The van der Waals surface area contributed by atoms with Gasteiger partial charge in [0, 0.05) is 0 Å². The Balaban J connectivity index is 2.54. The summed E-state index contributed by atoms with van der Waals surface area (Å²) in [5.41, 5.74) is -1.08. The van der Waals surface area contributed by atoms with Crippen molar-refractivity contribution in [2.45, 2.75) is 23.5 Å². The number of esters is 3. The summed E-state index contributed by atoms with van der Waals surface area (Å²) in [6.07, 6.45) is -3.54. The molecule has 0 amide bonds.